The SMILES string of the molecule is CCC(C)/C=C/C=C/c1cc(C)c(C)c(C)c1. The maximum absolute atomic E-state index is 2.25. The molecule has 0 aliphatic carbocycles. The molecule has 1 aromatic carbocycles. The third-order valence-electron chi connectivity index (χ3n) is 3.43. The van der Waals surface area contributed by atoms with Crippen LogP contribution >= 0.6 is 0 Å². The molecule has 0 aliphatic rings. The first-order chi connectivity index (χ1) is 8.04. The summed E-state index contributed by atoms with van der Waals surface area (Å²) < 4.78 is 0. The fourth-order valence-electron chi connectivity index (χ4n) is 1.72. The number of rotatable bonds is 4. The summed E-state index contributed by atoms with van der Waals surface area (Å²) in [7, 11) is 0. The third kappa shape index (κ3) is 4.22. The van der Waals surface area contributed by atoms with Crippen LogP contribution in [0.15, 0.2) is 30.4 Å². The highest BCUT2D eigenvalue weighted by Crippen LogP contribution is 2.16. The van der Waals surface area contributed by atoms with E-state index < -0.39 is 0 Å². The monoisotopic (exact) mass is 228 g/mol. The zero-order valence-electron chi connectivity index (χ0n) is 11.7. The zero-order chi connectivity index (χ0) is 12.8. The number of benzene rings is 1. The highest BCUT2D eigenvalue weighted by molar-refractivity contribution is 5.55. The summed E-state index contributed by atoms with van der Waals surface area (Å²) in [5.74, 6) is 0.668. The number of hydrogen-bond acceptors (Lipinski definition) is 0. The molecule has 0 saturated heterocycles. The average molecular weight is 228 g/mol. The maximum Gasteiger partial charge on any atom is -0.0251 e. The Labute approximate surface area is 106 Å². The van der Waals surface area contributed by atoms with Gasteiger partial charge in [-0.15, -0.1) is 0 Å². The van der Waals surface area contributed by atoms with Gasteiger partial charge in [0.15, 0.2) is 0 Å². The van der Waals surface area contributed by atoms with Crippen molar-refractivity contribution in [3.05, 3.63) is 52.6 Å². The lowest BCUT2D eigenvalue weighted by atomic mass is 10.0. The van der Waals surface area contributed by atoms with E-state index in [-0.39, 0.29) is 0 Å². The standard InChI is InChI=1S/C17H24/c1-6-13(2)9-7-8-10-17-11-14(3)16(5)15(4)12-17/h7-13H,6H2,1-5H3/b9-7+,10-8+. The van der Waals surface area contributed by atoms with Crippen LogP contribution < -0.4 is 0 Å². The minimum absolute atomic E-state index is 0.668. The first-order valence-electron chi connectivity index (χ1n) is 6.47. The predicted octanol–water partition coefficient (Wildman–Crippen LogP) is 5.23. The van der Waals surface area contributed by atoms with E-state index in [1.54, 1.807) is 0 Å². The average Bonchev–Trinajstić information content (AvgIpc) is 2.31. The maximum atomic E-state index is 2.25. The lowest BCUT2D eigenvalue weighted by Crippen LogP contribution is -1.87. The molecule has 0 bridgehead atoms. The molecule has 0 heterocycles. The molecule has 0 spiro atoms. The van der Waals surface area contributed by atoms with Gasteiger partial charge in [-0.3, -0.25) is 0 Å². The van der Waals surface area contributed by atoms with E-state index in [0.29, 0.717) is 5.92 Å². The molecule has 0 radical (unpaired) electrons. The molecular weight excluding hydrogens is 204 g/mol. The van der Waals surface area contributed by atoms with E-state index in [4.69, 9.17) is 0 Å². The molecule has 92 valence electrons. The Morgan fingerprint density at radius 1 is 1.06 bits per heavy atom. The molecule has 0 fully saturated rings. The van der Waals surface area contributed by atoms with Gasteiger partial charge in [0.05, 0.1) is 0 Å². The normalized spacial score (nSPS) is 13.7. The summed E-state index contributed by atoms with van der Waals surface area (Å²) in [6.45, 7) is 11.0. The van der Waals surface area contributed by atoms with Crippen LogP contribution in [0.2, 0.25) is 0 Å². The van der Waals surface area contributed by atoms with Crippen molar-refractivity contribution < 1.29 is 0 Å². The van der Waals surface area contributed by atoms with Crippen molar-refractivity contribution in [3.8, 4) is 0 Å². The lowest BCUT2D eigenvalue weighted by molar-refractivity contribution is 0.698. The lowest BCUT2D eigenvalue weighted by Gasteiger charge is -2.05. The Morgan fingerprint density at radius 3 is 2.18 bits per heavy atom. The van der Waals surface area contributed by atoms with Gasteiger partial charge in [-0.05, 0) is 48.9 Å². The second kappa shape index (κ2) is 6.44. The predicted molar refractivity (Wildman–Crippen MR) is 78.3 cm³/mol. The second-order valence-electron chi connectivity index (χ2n) is 4.91. The third-order valence-corrected chi connectivity index (χ3v) is 3.43. The number of aryl methyl sites for hydroxylation is 2. The van der Waals surface area contributed by atoms with Crippen LogP contribution in [-0.2, 0) is 0 Å². The summed E-state index contributed by atoms with van der Waals surface area (Å²) in [6.07, 6.45) is 9.92. The van der Waals surface area contributed by atoms with E-state index >= 15 is 0 Å². The van der Waals surface area contributed by atoms with E-state index in [0.717, 1.165) is 0 Å². The van der Waals surface area contributed by atoms with Gasteiger partial charge in [-0.1, -0.05) is 56.7 Å². The van der Waals surface area contributed by atoms with E-state index in [9.17, 15) is 0 Å². The van der Waals surface area contributed by atoms with Crippen molar-refractivity contribution in [3.63, 3.8) is 0 Å². The summed E-state index contributed by atoms with van der Waals surface area (Å²) >= 11 is 0. The summed E-state index contributed by atoms with van der Waals surface area (Å²) in [5, 5.41) is 0. The summed E-state index contributed by atoms with van der Waals surface area (Å²) in [4.78, 5) is 0. The molecule has 1 aromatic rings. The van der Waals surface area contributed by atoms with Crippen molar-refractivity contribution in [2.45, 2.75) is 41.0 Å². The van der Waals surface area contributed by atoms with Crippen LogP contribution in [0.3, 0.4) is 0 Å². The van der Waals surface area contributed by atoms with Gasteiger partial charge in [-0.25, -0.2) is 0 Å². The highest BCUT2D eigenvalue weighted by atomic mass is 14.0. The Hall–Kier alpha value is -1.30. The van der Waals surface area contributed by atoms with Crippen molar-refractivity contribution in [2.24, 2.45) is 5.92 Å². The Kier molecular flexibility index (Phi) is 5.21. The molecule has 1 unspecified atom stereocenters. The van der Waals surface area contributed by atoms with Gasteiger partial charge >= 0.3 is 0 Å². The molecule has 0 aromatic heterocycles. The molecular formula is C17H24. The zero-order valence-corrected chi connectivity index (χ0v) is 11.7. The van der Waals surface area contributed by atoms with Gasteiger partial charge in [0.1, 0.15) is 0 Å². The molecule has 0 aliphatic heterocycles. The van der Waals surface area contributed by atoms with Crippen LogP contribution in [0.4, 0.5) is 0 Å². The van der Waals surface area contributed by atoms with Crippen LogP contribution in [0.1, 0.15) is 42.5 Å². The van der Waals surface area contributed by atoms with Crippen LogP contribution in [-0.4, -0.2) is 0 Å². The van der Waals surface area contributed by atoms with Crippen LogP contribution in [0.25, 0.3) is 6.08 Å². The largest absolute Gasteiger partial charge is 0.0817 e. The first kappa shape index (κ1) is 13.8. The van der Waals surface area contributed by atoms with E-state index in [1.165, 1.54) is 28.7 Å². The molecule has 1 rings (SSSR count). The number of hydrogen-bond donors (Lipinski definition) is 0. The fourth-order valence-corrected chi connectivity index (χ4v) is 1.72. The summed E-state index contributed by atoms with van der Waals surface area (Å²) in [6, 6.07) is 4.49. The van der Waals surface area contributed by atoms with E-state index in [2.05, 4.69) is 71.1 Å². The van der Waals surface area contributed by atoms with Gasteiger partial charge in [0.2, 0.25) is 0 Å². The molecule has 0 nitrogen and oxygen atoms in total. The molecule has 1 atom stereocenters. The van der Waals surface area contributed by atoms with Gasteiger partial charge in [0.25, 0.3) is 0 Å². The molecule has 0 amide bonds. The van der Waals surface area contributed by atoms with E-state index in [1.807, 2.05) is 0 Å². The van der Waals surface area contributed by atoms with Crippen LogP contribution in [0, 0.1) is 26.7 Å². The van der Waals surface area contributed by atoms with Gasteiger partial charge in [0, 0.05) is 0 Å². The Balaban J connectivity index is 2.76. The van der Waals surface area contributed by atoms with Crippen molar-refractivity contribution >= 4 is 6.08 Å². The fraction of sp³-hybridized carbons (Fsp3) is 0.412. The Bertz CT molecular complexity index is 399. The number of allylic oxidation sites excluding steroid dienone is 3. The molecule has 0 N–H and O–H groups in total. The minimum atomic E-state index is 0.668. The van der Waals surface area contributed by atoms with Crippen LogP contribution in [0.5, 0.6) is 0 Å². The minimum Gasteiger partial charge on any atom is -0.0817 e. The second-order valence-corrected chi connectivity index (χ2v) is 4.91. The Morgan fingerprint density at radius 2 is 1.65 bits per heavy atom. The molecule has 17 heavy (non-hydrogen) atoms. The first-order valence-corrected chi connectivity index (χ1v) is 6.47. The van der Waals surface area contributed by atoms with Gasteiger partial charge < -0.3 is 0 Å². The smallest absolute Gasteiger partial charge is 0.0251 e. The van der Waals surface area contributed by atoms with Crippen molar-refractivity contribution in [1.29, 1.82) is 0 Å². The van der Waals surface area contributed by atoms with Crippen molar-refractivity contribution in [1.82, 2.24) is 0 Å². The van der Waals surface area contributed by atoms with Crippen molar-refractivity contribution in [2.75, 3.05) is 0 Å². The molecule has 0 saturated carbocycles. The summed E-state index contributed by atoms with van der Waals surface area (Å²) in [5.41, 5.74) is 5.43. The highest BCUT2D eigenvalue weighted by Gasteiger charge is 1.97. The topological polar surface area (TPSA) is 0 Å². The van der Waals surface area contributed by atoms with Gasteiger partial charge in [-0.2, -0.15) is 0 Å². The quantitative estimate of drug-likeness (QED) is 0.619. The molecule has 0 heteroatoms.